The van der Waals surface area contributed by atoms with Crippen LogP contribution < -0.4 is 5.73 Å². The summed E-state index contributed by atoms with van der Waals surface area (Å²) in [7, 11) is 0. The third-order valence-corrected chi connectivity index (χ3v) is 2.14. The Morgan fingerprint density at radius 3 is 2.71 bits per heavy atom. The molecule has 14 heavy (non-hydrogen) atoms. The van der Waals surface area contributed by atoms with Gasteiger partial charge in [-0.25, -0.2) is 0 Å². The van der Waals surface area contributed by atoms with E-state index in [1.54, 1.807) is 0 Å². The fourth-order valence-corrected chi connectivity index (χ4v) is 1.42. The molecule has 1 aromatic rings. The molecule has 0 bridgehead atoms. The maximum Gasteiger partial charge on any atom is 0.201 e. The van der Waals surface area contributed by atoms with E-state index in [0.717, 1.165) is 17.7 Å². The molecular formula is C10H14N2O2. The first-order chi connectivity index (χ1) is 6.90. The van der Waals surface area contributed by atoms with Crippen LogP contribution in [0.1, 0.15) is 17.5 Å². The molecule has 0 saturated carbocycles. The molecule has 0 atom stereocenters. The minimum absolute atomic E-state index is 0.276. The van der Waals surface area contributed by atoms with Crippen LogP contribution in [0.2, 0.25) is 0 Å². The van der Waals surface area contributed by atoms with Gasteiger partial charge in [-0.3, -0.25) is 4.98 Å². The van der Waals surface area contributed by atoms with Gasteiger partial charge in [-0.1, -0.05) is 6.07 Å². The molecule has 1 aliphatic rings. The fourth-order valence-electron chi connectivity index (χ4n) is 1.42. The summed E-state index contributed by atoms with van der Waals surface area (Å²) in [6.45, 7) is 1.95. The second kappa shape index (κ2) is 4.50. The lowest BCUT2D eigenvalue weighted by atomic mass is 10.2. The highest BCUT2D eigenvalue weighted by atomic mass is 16.7. The van der Waals surface area contributed by atoms with E-state index in [2.05, 4.69) is 4.98 Å². The number of hydrogen-bond acceptors (Lipinski definition) is 4. The van der Waals surface area contributed by atoms with Crippen molar-refractivity contribution in [2.45, 2.75) is 12.7 Å². The van der Waals surface area contributed by atoms with Crippen molar-refractivity contribution < 1.29 is 9.47 Å². The fraction of sp³-hybridized carbons (Fsp3) is 0.500. The highest BCUT2D eigenvalue weighted by Crippen LogP contribution is 2.20. The number of hydrogen-bond donors (Lipinski definition) is 1. The van der Waals surface area contributed by atoms with Crippen molar-refractivity contribution in [3.63, 3.8) is 0 Å². The van der Waals surface area contributed by atoms with Crippen LogP contribution in [0.4, 0.5) is 0 Å². The largest absolute Gasteiger partial charge is 0.345 e. The van der Waals surface area contributed by atoms with E-state index in [4.69, 9.17) is 15.2 Å². The summed E-state index contributed by atoms with van der Waals surface area (Å²) in [6.07, 6.45) is 2.41. The average Bonchev–Trinajstić information content (AvgIpc) is 2.72. The Kier molecular flexibility index (Phi) is 3.08. The molecule has 1 fully saturated rings. The number of nitrogens with zero attached hydrogens (tertiary/aromatic N) is 1. The van der Waals surface area contributed by atoms with E-state index in [1.165, 1.54) is 0 Å². The van der Waals surface area contributed by atoms with Gasteiger partial charge in [-0.15, -0.1) is 0 Å². The number of aromatic nitrogens is 1. The predicted octanol–water partition coefficient (Wildman–Crippen LogP) is 0.628. The molecule has 4 heteroatoms. The number of nitrogens with two attached hydrogens (primary N) is 1. The van der Waals surface area contributed by atoms with Crippen molar-refractivity contribution in [3.05, 3.63) is 29.6 Å². The van der Waals surface area contributed by atoms with E-state index in [0.29, 0.717) is 19.8 Å². The first-order valence-corrected chi connectivity index (χ1v) is 4.78. The van der Waals surface area contributed by atoms with Gasteiger partial charge in [0.05, 0.1) is 18.9 Å². The summed E-state index contributed by atoms with van der Waals surface area (Å²) in [5, 5.41) is 0. The SMILES string of the molecule is NCCc1ccc(C2OCCO2)nc1. The summed E-state index contributed by atoms with van der Waals surface area (Å²) in [6, 6.07) is 3.95. The van der Waals surface area contributed by atoms with Gasteiger partial charge in [0.15, 0.2) is 0 Å². The monoisotopic (exact) mass is 194 g/mol. The number of pyridine rings is 1. The molecular weight excluding hydrogens is 180 g/mol. The molecule has 4 nitrogen and oxygen atoms in total. The zero-order valence-corrected chi connectivity index (χ0v) is 7.98. The third-order valence-electron chi connectivity index (χ3n) is 2.14. The average molecular weight is 194 g/mol. The minimum atomic E-state index is -0.276. The molecule has 0 radical (unpaired) electrons. The van der Waals surface area contributed by atoms with E-state index in [1.807, 2.05) is 18.3 Å². The topological polar surface area (TPSA) is 57.4 Å². The van der Waals surface area contributed by atoms with Crippen LogP contribution in [0.3, 0.4) is 0 Å². The zero-order valence-electron chi connectivity index (χ0n) is 7.98. The van der Waals surface area contributed by atoms with Crippen LogP contribution in [0.5, 0.6) is 0 Å². The van der Waals surface area contributed by atoms with Crippen LogP contribution in [0.25, 0.3) is 0 Å². The molecule has 76 valence electrons. The zero-order chi connectivity index (χ0) is 9.80. The molecule has 0 aliphatic carbocycles. The van der Waals surface area contributed by atoms with Gasteiger partial charge in [0, 0.05) is 6.20 Å². The van der Waals surface area contributed by atoms with Crippen LogP contribution in [0, 0.1) is 0 Å². The van der Waals surface area contributed by atoms with Gasteiger partial charge in [0.1, 0.15) is 0 Å². The van der Waals surface area contributed by atoms with Gasteiger partial charge in [0.25, 0.3) is 0 Å². The maximum absolute atomic E-state index is 5.44. The Labute approximate surface area is 83.0 Å². The Balaban J connectivity index is 2.05. The molecule has 1 aromatic heterocycles. The first kappa shape index (κ1) is 9.58. The minimum Gasteiger partial charge on any atom is -0.345 e. The first-order valence-electron chi connectivity index (χ1n) is 4.78. The predicted molar refractivity (Wildman–Crippen MR) is 51.6 cm³/mol. The van der Waals surface area contributed by atoms with Gasteiger partial charge in [-0.05, 0) is 24.6 Å². The summed E-state index contributed by atoms with van der Waals surface area (Å²) in [4.78, 5) is 4.27. The lowest BCUT2D eigenvalue weighted by Crippen LogP contribution is -2.05. The van der Waals surface area contributed by atoms with Crippen molar-refractivity contribution in [2.24, 2.45) is 5.73 Å². The highest BCUT2D eigenvalue weighted by molar-refractivity contribution is 5.15. The molecule has 0 aromatic carbocycles. The lowest BCUT2D eigenvalue weighted by molar-refractivity contribution is -0.0473. The summed E-state index contributed by atoms with van der Waals surface area (Å²) >= 11 is 0. The molecule has 0 unspecified atom stereocenters. The molecule has 2 heterocycles. The molecule has 2 N–H and O–H groups in total. The molecule has 2 rings (SSSR count). The van der Waals surface area contributed by atoms with Gasteiger partial charge >= 0.3 is 0 Å². The van der Waals surface area contributed by atoms with E-state index in [-0.39, 0.29) is 6.29 Å². The van der Waals surface area contributed by atoms with Crippen molar-refractivity contribution in [3.8, 4) is 0 Å². The Hall–Kier alpha value is -0.970. The Morgan fingerprint density at radius 1 is 1.36 bits per heavy atom. The van der Waals surface area contributed by atoms with Crippen molar-refractivity contribution in [1.82, 2.24) is 4.98 Å². The van der Waals surface area contributed by atoms with Crippen LogP contribution in [0.15, 0.2) is 18.3 Å². The maximum atomic E-state index is 5.44. The van der Waals surface area contributed by atoms with E-state index >= 15 is 0 Å². The van der Waals surface area contributed by atoms with Gasteiger partial charge in [0.2, 0.25) is 6.29 Å². The highest BCUT2D eigenvalue weighted by Gasteiger charge is 2.18. The van der Waals surface area contributed by atoms with Crippen LogP contribution in [-0.2, 0) is 15.9 Å². The van der Waals surface area contributed by atoms with Crippen LogP contribution in [-0.4, -0.2) is 24.7 Å². The summed E-state index contributed by atoms with van der Waals surface area (Å²) < 4.78 is 10.7. The smallest absolute Gasteiger partial charge is 0.201 e. The quantitative estimate of drug-likeness (QED) is 0.766. The van der Waals surface area contributed by atoms with E-state index < -0.39 is 0 Å². The van der Waals surface area contributed by atoms with Crippen LogP contribution >= 0.6 is 0 Å². The van der Waals surface area contributed by atoms with Crippen molar-refractivity contribution >= 4 is 0 Å². The Morgan fingerprint density at radius 2 is 2.14 bits per heavy atom. The number of ether oxygens (including phenoxy) is 2. The molecule has 0 amide bonds. The summed E-state index contributed by atoms with van der Waals surface area (Å²) in [5.74, 6) is 0. The molecule has 0 spiro atoms. The summed E-state index contributed by atoms with van der Waals surface area (Å²) in [5.41, 5.74) is 7.43. The van der Waals surface area contributed by atoms with Gasteiger partial charge in [-0.2, -0.15) is 0 Å². The number of rotatable bonds is 3. The second-order valence-corrected chi connectivity index (χ2v) is 3.20. The normalized spacial score (nSPS) is 17.5. The molecule has 1 aliphatic heterocycles. The van der Waals surface area contributed by atoms with Crippen molar-refractivity contribution in [2.75, 3.05) is 19.8 Å². The molecule has 1 saturated heterocycles. The third kappa shape index (κ3) is 2.09. The van der Waals surface area contributed by atoms with E-state index in [9.17, 15) is 0 Å². The van der Waals surface area contributed by atoms with Gasteiger partial charge < -0.3 is 15.2 Å². The lowest BCUT2D eigenvalue weighted by Gasteiger charge is -2.08. The standard InChI is InChI=1S/C10H14N2O2/c11-4-3-8-1-2-9(12-7-8)10-13-5-6-14-10/h1-2,7,10H,3-6,11H2. The second-order valence-electron chi connectivity index (χ2n) is 3.20. The Bertz CT molecular complexity index is 281. The van der Waals surface area contributed by atoms with Crippen molar-refractivity contribution in [1.29, 1.82) is 0 Å².